The van der Waals surface area contributed by atoms with E-state index >= 15 is 0 Å². The highest BCUT2D eigenvalue weighted by atomic mass is 15.3. The van der Waals surface area contributed by atoms with Crippen LogP contribution in [-0.2, 0) is 13.1 Å². The normalized spacial score (nSPS) is 10.6. The van der Waals surface area contributed by atoms with Crippen molar-refractivity contribution in [2.24, 2.45) is 5.73 Å². The van der Waals surface area contributed by atoms with Gasteiger partial charge in [0.1, 0.15) is 5.65 Å². The van der Waals surface area contributed by atoms with Crippen molar-refractivity contribution in [2.75, 3.05) is 0 Å². The molecule has 0 saturated heterocycles. The summed E-state index contributed by atoms with van der Waals surface area (Å²) in [5.41, 5.74) is 8.70. The number of terminal acetylenes is 1. The first-order valence-corrected chi connectivity index (χ1v) is 4.44. The highest BCUT2D eigenvalue weighted by Gasteiger charge is 2.10. The van der Waals surface area contributed by atoms with Crippen LogP contribution in [0.2, 0.25) is 0 Å². The molecule has 0 saturated carbocycles. The van der Waals surface area contributed by atoms with Gasteiger partial charge in [-0.05, 0) is 6.92 Å². The van der Waals surface area contributed by atoms with Gasteiger partial charge in [0.25, 0.3) is 0 Å². The van der Waals surface area contributed by atoms with Crippen LogP contribution in [0.25, 0.3) is 5.65 Å². The number of nitrogens with zero attached hydrogens (tertiary/aromatic N) is 3. The highest BCUT2D eigenvalue weighted by Crippen LogP contribution is 2.15. The molecular formula is C10H12N4. The topological polar surface area (TPSA) is 48.2 Å². The van der Waals surface area contributed by atoms with E-state index in [4.69, 9.17) is 12.2 Å². The number of hydrogen-bond donors (Lipinski definition) is 1. The Morgan fingerprint density at radius 3 is 3.00 bits per heavy atom. The standard InChI is InChI=1S/C10H12N4/c1-3-4-13-5-6-14-10(13)9(7-11)8(2)12-14/h1,5-6H,4,7,11H2,2H3. The third-order valence-electron chi connectivity index (χ3n) is 2.31. The van der Waals surface area contributed by atoms with Crippen LogP contribution < -0.4 is 5.73 Å². The Kier molecular flexibility index (Phi) is 2.02. The van der Waals surface area contributed by atoms with Crippen molar-refractivity contribution in [3.8, 4) is 12.3 Å². The molecular weight excluding hydrogens is 176 g/mol. The van der Waals surface area contributed by atoms with Gasteiger partial charge >= 0.3 is 0 Å². The molecule has 4 heteroatoms. The number of fused-ring (bicyclic) bond motifs is 1. The summed E-state index contributed by atoms with van der Waals surface area (Å²) < 4.78 is 3.79. The summed E-state index contributed by atoms with van der Waals surface area (Å²) in [6.45, 7) is 2.99. The average Bonchev–Trinajstić information content (AvgIpc) is 2.66. The third kappa shape index (κ3) is 1.10. The van der Waals surface area contributed by atoms with Crippen molar-refractivity contribution < 1.29 is 0 Å². The van der Waals surface area contributed by atoms with Gasteiger partial charge in [-0.3, -0.25) is 0 Å². The first-order chi connectivity index (χ1) is 6.77. The maximum atomic E-state index is 5.67. The summed E-state index contributed by atoms with van der Waals surface area (Å²) in [4.78, 5) is 0. The van der Waals surface area contributed by atoms with Gasteiger partial charge in [0, 0.05) is 24.5 Å². The zero-order valence-corrected chi connectivity index (χ0v) is 8.07. The second kappa shape index (κ2) is 3.20. The van der Waals surface area contributed by atoms with Gasteiger partial charge in [-0.25, -0.2) is 4.52 Å². The minimum atomic E-state index is 0.490. The average molecular weight is 188 g/mol. The number of aromatic nitrogens is 3. The van der Waals surface area contributed by atoms with Gasteiger partial charge in [-0.2, -0.15) is 5.10 Å². The molecule has 0 aromatic carbocycles. The predicted molar refractivity (Wildman–Crippen MR) is 54.6 cm³/mol. The molecule has 72 valence electrons. The van der Waals surface area contributed by atoms with E-state index in [9.17, 15) is 0 Å². The smallest absolute Gasteiger partial charge is 0.141 e. The molecule has 0 aliphatic heterocycles. The van der Waals surface area contributed by atoms with Crippen molar-refractivity contribution in [3.63, 3.8) is 0 Å². The summed E-state index contributed by atoms with van der Waals surface area (Å²) in [7, 11) is 0. The van der Waals surface area contributed by atoms with Crippen LogP contribution >= 0.6 is 0 Å². The number of nitrogens with two attached hydrogens (primary N) is 1. The van der Waals surface area contributed by atoms with E-state index in [0.29, 0.717) is 13.1 Å². The summed E-state index contributed by atoms with van der Waals surface area (Å²) in [5.74, 6) is 2.60. The summed E-state index contributed by atoms with van der Waals surface area (Å²) in [6, 6.07) is 0. The SMILES string of the molecule is C#CCn1ccn2nc(C)c(CN)c12. The zero-order valence-electron chi connectivity index (χ0n) is 8.07. The van der Waals surface area contributed by atoms with Crippen LogP contribution in [0.3, 0.4) is 0 Å². The minimum absolute atomic E-state index is 0.490. The van der Waals surface area contributed by atoms with Crippen molar-refractivity contribution >= 4 is 5.65 Å². The predicted octanol–water partition coefficient (Wildman–Crippen LogP) is 0.536. The molecule has 0 aliphatic rings. The number of rotatable bonds is 2. The number of aryl methyl sites for hydroxylation is 1. The Hall–Kier alpha value is -1.73. The molecule has 0 bridgehead atoms. The van der Waals surface area contributed by atoms with E-state index in [1.165, 1.54) is 0 Å². The van der Waals surface area contributed by atoms with Gasteiger partial charge in [0.2, 0.25) is 0 Å². The Morgan fingerprint density at radius 2 is 2.36 bits per heavy atom. The van der Waals surface area contributed by atoms with Gasteiger partial charge in [-0.1, -0.05) is 5.92 Å². The number of imidazole rings is 1. The minimum Gasteiger partial charge on any atom is -0.326 e. The van der Waals surface area contributed by atoms with Gasteiger partial charge in [0.15, 0.2) is 0 Å². The second-order valence-electron chi connectivity index (χ2n) is 3.17. The fourth-order valence-corrected chi connectivity index (χ4v) is 1.66. The largest absolute Gasteiger partial charge is 0.326 e. The molecule has 2 heterocycles. The van der Waals surface area contributed by atoms with Crippen LogP contribution in [0.15, 0.2) is 12.4 Å². The Balaban J connectivity index is 2.69. The summed E-state index contributed by atoms with van der Waals surface area (Å²) >= 11 is 0. The van der Waals surface area contributed by atoms with E-state index in [1.807, 2.05) is 28.4 Å². The Bertz CT molecular complexity index is 498. The lowest BCUT2D eigenvalue weighted by Gasteiger charge is -1.99. The first-order valence-electron chi connectivity index (χ1n) is 4.44. The molecule has 0 atom stereocenters. The molecule has 2 aromatic heterocycles. The zero-order chi connectivity index (χ0) is 10.1. The maximum Gasteiger partial charge on any atom is 0.141 e. The summed E-state index contributed by atoms with van der Waals surface area (Å²) in [6.07, 6.45) is 9.08. The highest BCUT2D eigenvalue weighted by molar-refractivity contribution is 5.51. The van der Waals surface area contributed by atoms with Crippen LogP contribution in [0, 0.1) is 19.3 Å². The molecule has 0 radical (unpaired) electrons. The molecule has 0 aliphatic carbocycles. The fraction of sp³-hybridized carbons (Fsp3) is 0.300. The Labute approximate surface area is 82.3 Å². The van der Waals surface area contributed by atoms with E-state index in [1.54, 1.807) is 0 Å². The van der Waals surface area contributed by atoms with Crippen LogP contribution in [-0.4, -0.2) is 14.2 Å². The van der Waals surface area contributed by atoms with Crippen molar-refractivity contribution in [1.82, 2.24) is 14.2 Å². The molecule has 2 rings (SSSR count). The van der Waals surface area contributed by atoms with Gasteiger partial charge in [0.05, 0.1) is 12.2 Å². The summed E-state index contributed by atoms with van der Waals surface area (Å²) in [5, 5.41) is 4.33. The lowest BCUT2D eigenvalue weighted by atomic mass is 10.2. The van der Waals surface area contributed by atoms with Crippen molar-refractivity contribution in [3.05, 3.63) is 23.7 Å². The van der Waals surface area contributed by atoms with Gasteiger partial charge in [-0.15, -0.1) is 6.42 Å². The van der Waals surface area contributed by atoms with Crippen LogP contribution in [0.4, 0.5) is 0 Å². The molecule has 0 fully saturated rings. The van der Waals surface area contributed by atoms with Crippen molar-refractivity contribution in [1.29, 1.82) is 0 Å². The first kappa shape index (κ1) is 8.85. The fourth-order valence-electron chi connectivity index (χ4n) is 1.66. The van der Waals surface area contributed by atoms with E-state index in [-0.39, 0.29) is 0 Å². The molecule has 0 amide bonds. The van der Waals surface area contributed by atoms with Crippen LogP contribution in [0.1, 0.15) is 11.3 Å². The van der Waals surface area contributed by atoms with E-state index in [2.05, 4.69) is 11.0 Å². The lowest BCUT2D eigenvalue weighted by molar-refractivity contribution is 0.861. The monoisotopic (exact) mass is 188 g/mol. The quantitative estimate of drug-likeness (QED) is 0.699. The van der Waals surface area contributed by atoms with Crippen molar-refractivity contribution in [2.45, 2.75) is 20.0 Å². The van der Waals surface area contributed by atoms with Gasteiger partial charge < -0.3 is 10.3 Å². The number of hydrogen-bond acceptors (Lipinski definition) is 2. The lowest BCUT2D eigenvalue weighted by Crippen LogP contribution is -2.01. The third-order valence-corrected chi connectivity index (χ3v) is 2.31. The molecule has 0 unspecified atom stereocenters. The molecule has 14 heavy (non-hydrogen) atoms. The van der Waals surface area contributed by atoms with Crippen LogP contribution in [0.5, 0.6) is 0 Å². The van der Waals surface area contributed by atoms with E-state index < -0.39 is 0 Å². The van der Waals surface area contributed by atoms with E-state index in [0.717, 1.165) is 16.9 Å². The molecule has 2 N–H and O–H groups in total. The molecule has 4 nitrogen and oxygen atoms in total. The molecule has 2 aromatic rings. The second-order valence-corrected chi connectivity index (χ2v) is 3.17. The Morgan fingerprint density at radius 1 is 1.57 bits per heavy atom. The maximum absolute atomic E-state index is 5.67. The molecule has 0 spiro atoms.